The van der Waals surface area contributed by atoms with Crippen LogP contribution in [0.1, 0.15) is 16.1 Å². The van der Waals surface area contributed by atoms with Gasteiger partial charge in [-0.05, 0) is 53.6 Å². The molecule has 0 bridgehead atoms. The van der Waals surface area contributed by atoms with Crippen LogP contribution in [0.25, 0.3) is 23.4 Å². The van der Waals surface area contributed by atoms with E-state index in [-0.39, 0.29) is 5.82 Å². The highest BCUT2D eigenvalue weighted by atomic mass is 32.1. The summed E-state index contributed by atoms with van der Waals surface area (Å²) in [7, 11) is 0. The molecule has 138 valence electrons. The van der Waals surface area contributed by atoms with Crippen molar-refractivity contribution in [2.45, 2.75) is 6.61 Å². The smallest absolute Gasteiger partial charge is 0.123 e. The van der Waals surface area contributed by atoms with E-state index in [1.807, 2.05) is 72.1 Å². The number of ether oxygens (including phenoxy) is 1. The molecule has 28 heavy (non-hydrogen) atoms. The Balaban J connectivity index is 1.43. The van der Waals surface area contributed by atoms with Gasteiger partial charge in [-0.2, -0.15) is 0 Å². The van der Waals surface area contributed by atoms with Gasteiger partial charge in [-0.15, -0.1) is 11.3 Å². The first-order valence-electron chi connectivity index (χ1n) is 8.93. The number of halogens is 1. The summed E-state index contributed by atoms with van der Waals surface area (Å²) in [6, 6.07) is 24.5. The summed E-state index contributed by atoms with van der Waals surface area (Å²) >= 11 is 1.56. The van der Waals surface area contributed by atoms with Crippen molar-refractivity contribution < 1.29 is 9.13 Å². The van der Waals surface area contributed by atoms with E-state index >= 15 is 0 Å². The van der Waals surface area contributed by atoms with Crippen molar-refractivity contribution >= 4 is 23.5 Å². The van der Waals surface area contributed by atoms with Crippen LogP contribution in [0.3, 0.4) is 0 Å². The SMILES string of the molecule is Fc1ccc(-c2csc(/C=C/c3cccc(OCc4ccccc4)c3)n2)cc1. The zero-order valence-corrected chi connectivity index (χ0v) is 15.9. The minimum Gasteiger partial charge on any atom is -0.489 e. The summed E-state index contributed by atoms with van der Waals surface area (Å²) in [5.41, 5.74) is 3.95. The second-order valence-corrected chi connectivity index (χ2v) is 7.15. The standard InChI is InChI=1S/C24H18FNOS/c25-21-12-10-20(11-13-21)23-17-28-24(26-23)14-9-18-7-4-8-22(15-18)27-16-19-5-2-1-3-6-19/h1-15,17H,16H2/b14-9+. The molecule has 0 aliphatic carbocycles. The fourth-order valence-electron chi connectivity index (χ4n) is 2.73. The summed E-state index contributed by atoms with van der Waals surface area (Å²) in [4.78, 5) is 4.60. The third-order valence-electron chi connectivity index (χ3n) is 4.19. The molecule has 1 heterocycles. The maximum atomic E-state index is 13.1. The van der Waals surface area contributed by atoms with Gasteiger partial charge in [0.15, 0.2) is 0 Å². The van der Waals surface area contributed by atoms with Gasteiger partial charge in [0.1, 0.15) is 23.2 Å². The van der Waals surface area contributed by atoms with Gasteiger partial charge in [-0.1, -0.05) is 48.5 Å². The molecule has 0 saturated carbocycles. The Hall–Kier alpha value is -3.24. The topological polar surface area (TPSA) is 22.1 Å². The lowest BCUT2D eigenvalue weighted by Gasteiger charge is -2.06. The van der Waals surface area contributed by atoms with Gasteiger partial charge >= 0.3 is 0 Å². The Labute approximate surface area is 167 Å². The van der Waals surface area contributed by atoms with Crippen molar-refractivity contribution in [1.29, 1.82) is 0 Å². The molecule has 2 nitrogen and oxygen atoms in total. The van der Waals surface area contributed by atoms with Crippen molar-refractivity contribution in [1.82, 2.24) is 4.98 Å². The molecule has 0 atom stereocenters. The summed E-state index contributed by atoms with van der Waals surface area (Å²) in [6.07, 6.45) is 4.00. The van der Waals surface area contributed by atoms with E-state index in [0.29, 0.717) is 6.61 Å². The largest absolute Gasteiger partial charge is 0.489 e. The van der Waals surface area contributed by atoms with Crippen LogP contribution in [0, 0.1) is 5.82 Å². The van der Waals surface area contributed by atoms with E-state index in [9.17, 15) is 4.39 Å². The number of aromatic nitrogens is 1. The lowest BCUT2D eigenvalue weighted by Crippen LogP contribution is -1.94. The van der Waals surface area contributed by atoms with Crippen molar-refractivity contribution in [3.05, 3.63) is 106 Å². The van der Waals surface area contributed by atoms with Crippen LogP contribution >= 0.6 is 11.3 Å². The van der Waals surface area contributed by atoms with Crippen molar-refractivity contribution in [3.8, 4) is 17.0 Å². The van der Waals surface area contributed by atoms with E-state index in [1.54, 1.807) is 23.5 Å². The van der Waals surface area contributed by atoms with Crippen molar-refractivity contribution in [2.24, 2.45) is 0 Å². The molecule has 0 N–H and O–H groups in total. The van der Waals surface area contributed by atoms with Gasteiger partial charge in [-0.25, -0.2) is 9.37 Å². The summed E-state index contributed by atoms with van der Waals surface area (Å²) in [6.45, 7) is 0.543. The lowest BCUT2D eigenvalue weighted by molar-refractivity contribution is 0.306. The first-order chi connectivity index (χ1) is 13.8. The van der Waals surface area contributed by atoms with Crippen LogP contribution in [-0.4, -0.2) is 4.98 Å². The molecule has 0 spiro atoms. The molecule has 0 aliphatic rings. The average molecular weight is 387 g/mol. The number of thiazole rings is 1. The Morgan fingerprint density at radius 2 is 1.71 bits per heavy atom. The third kappa shape index (κ3) is 4.72. The third-order valence-corrected chi connectivity index (χ3v) is 5.00. The maximum Gasteiger partial charge on any atom is 0.123 e. The molecule has 0 amide bonds. The predicted molar refractivity (Wildman–Crippen MR) is 114 cm³/mol. The molecule has 1 aromatic heterocycles. The second kappa shape index (κ2) is 8.63. The minimum atomic E-state index is -0.242. The molecule has 4 heteroatoms. The molecule has 4 rings (SSSR count). The highest BCUT2D eigenvalue weighted by Gasteiger charge is 2.03. The van der Waals surface area contributed by atoms with E-state index < -0.39 is 0 Å². The average Bonchev–Trinajstić information content (AvgIpc) is 3.21. The fourth-order valence-corrected chi connectivity index (χ4v) is 3.45. The van der Waals surface area contributed by atoms with Crippen LogP contribution in [-0.2, 0) is 6.61 Å². The van der Waals surface area contributed by atoms with E-state index in [2.05, 4.69) is 4.98 Å². The van der Waals surface area contributed by atoms with Crippen LogP contribution in [0.15, 0.2) is 84.2 Å². The van der Waals surface area contributed by atoms with Gasteiger partial charge in [0, 0.05) is 10.9 Å². The second-order valence-electron chi connectivity index (χ2n) is 6.26. The fraction of sp³-hybridized carbons (Fsp3) is 0.0417. The van der Waals surface area contributed by atoms with Crippen molar-refractivity contribution in [3.63, 3.8) is 0 Å². The van der Waals surface area contributed by atoms with E-state index in [1.165, 1.54) is 12.1 Å². The summed E-state index contributed by atoms with van der Waals surface area (Å²) in [5, 5.41) is 2.88. The lowest BCUT2D eigenvalue weighted by atomic mass is 10.2. The Morgan fingerprint density at radius 3 is 2.54 bits per heavy atom. The summed E-state index contributed by atoms with van der Waals surface area (Å²) in [5.74, 6) is 0.589. The maximum absolute atomic E-state index is 13.1. The number of hydrogen-bond acceptors (Lipinski definition) is 3. The normalized spacial score (nSPS) is 11.0. The first-order valence-corrected chi connectivity index (χ1v) is 9.80. The molecule has 0 radical (unpaired) electrons. The molecule has 0 unspecified atom stereocenters. The summed E-state index contributed by atoms with van der Waals surface area (Å²) < 4.78 is 18.9. The van der Waals surface area contributed by atoms with Crippen LogP contribution in [0.5, 0.6) is 5.75 Å². The Bertz CT molecular complexity index is 1070. The number of hydrogen-bond donors (Lipinski definition) is 0. The van der Waals surface area contributed by atoms with Gasteiger partial charge in [0.25, 0.3) is 0 Å². The molecular formula is C24H18FNOS. The molecule has 0 aliphatic heterocycles. The Kier molecular flexibility index (Phi) is 5.59. The van der Waals surface area contributed by atoms with Gasteiger partial charge in [-0.3, -0.25) is 0 Å². The number of benzene rings is 3. The molecule has 3 aromatic carbocycles. The number of nitrogens with zero attached hydrogens (tertiary/aromatic N) is 1. The van der Waals surface area contributed by atoms with Crippen LogP contribution < -0.4 is 4.74 Å². The van der Waals surface area contributed by atoms with Crippen LogP contribution in [0.2, 0.25) is 0 Å². The Morgan fingerprint density at radius 1 is 0.893 bits per heavy atom. The molecular weight excluding hydrogens is 369 g/mol. The molecule has 0 saturated heterocycles. The van der Waals surface area contributed by atoms with Gasteiger partial charge < -0.3 is 4.74 Å². The minimum absolute atomic E-state index is 0.242. The quantitative estimate of drug-likeness (QED) is 0.367. The molecule has 4 aromatic rings. The van der Waals surface area contributed by atoms with Gasteiger partial charge in [0.2, 0.25) is 0 Å². The van der Waals surface area contributed by atoms with Gasteiger partial charge in [0.05, 0.1) is 5.69 Å². The highest BCUT2D eigenvalue weighted by Crippen LogP contribution is 2.24. The van der Waals surface area contributed by atoms with Crippen molar-refractivity contribution in [2.75, 3.05) is 0 Å². The first kappa shape index (κ1) is 18.1. The molecule has 0 fully saturated rings. The monoisotopic (exact) mass is 387 g/mol. The van der Waals surface area contributed by atoms with Crippen LogP contribution in [0.4, 0.5) is 4.39 Å². The number of rotatable bonds is 6. The zero-order valence-electron chi connectivity index (χ0n) is 15.1. The highest BCUT2D eigenvalue weighted by molar-refractivity contribution is 7.10. The van der Waals surface area contributed by atoms with E-state index in [4.69, 9.17) is 4.74 Å². The predicted octanol–water partition coefficient (Wildman–Crippen LogP) is 6.70. The zero-order chi connectivity index (χ0) is 19.2. The van der Waals surface area contributed by atoms with E-state index in [0.717, 1.165) is 33.1 Å².